The molecule has 1 rings (SSSR count). The van der Waals surface area contributed by atoms with Gasteiger partial charge in [0.1, 0.15) is 0 Å². The molecule has 1 aromatic carbocycles. The Hall–Kier alpha value is -2.29. The molecular weight excluding hydrogens is 268 g/mol. The molecule has 0 radical (unpaired) electrons. The van der Waals surface area contributed by atoms with Crippen LogP contribution in [0.3, 0.4) is 0 Å². The van der Waals surface area contributed by atoms with Gasteiger partial charge in [0.25, 0.3) is 0 Å². The summed E-state index contributed by atoms with van der Waals surface area (Å²) in [6, 6.07) is 9.75. The highest BCUT2D eigenvalue weighted by Gasteiger charge is 2.02. The van der Waals surface area contributed by atoms with Crippen LogP contribution in [0.1, 0.15) is 31.9 Å². The molecule has 0 atom stereocenters. The Morgan fingerprint density at radius 2 is 1.91 bits per heavy atom. The van der Waals surface area contributed by atoms with E-state index < -0.39 is 0 Å². The topological polar surface area (TPSA) is 27.0 Å². The van der Waals surface area contributed by atoms with Gasteiger partial charge in [-0.15, -0.1) is 0 Å². The highest BCUT2D eigenvalue weighted by molar-refractivity contribution is 5.52. The molecule has 22 heavy (non-hydrogen) atoms. The van der Waals surface area contributed by atoms with Crippen LogP contribution in [0, 0.1) is 28.6 Å². The summed E-state index contributed by atoms with van der Waals surface area (Å²) in [6.45, 7) is 8.03. The summed E-state index contributed by atoms with van der Waals surface area (Å²) < 4.78 is 0. The number of hydrogen-bond donors (Lipinski definition) is 0. The number of hydrogen-bond acceptors (Lipinski definition) is 2. The van der Waals surface area contributed by atoms with Crippen LogP contribution in [0.25, 0.3) is 6.08 Å². The van der Waals surface area contributed by atoms with Crippen LogP contribution in [0.15, 0.2) is 42.5 Å². The molecule has 0 aromatic heterocycles. The fourth-order valence-corrected chi connectivity index (χ4v) is 1.70. The largest absolute Gasteiger partial charge is 0.299 e. The maximum Gasteiger partial charge on any atom is 0.0991 e. The molecule has 0 amide bonds. The molecule has 0 bridgehead atoms. The Morgan fingerprint density at radius 1 is 1.18 bits per heavy atom. The Kier molecular flexibility index (Phi) is 7.17. The second kappa shape index (κ2) is 8.88. The molecule has 2 heteroatoms. The number of likely N-dealkylation sites (N-methyl/N-ethyl adjacent to an activating group) is 1. The Bertz CT molecular complexity index is 628. The van der Waals surface area contributed by atoms with E-state index in [0.717, 1.165) is 18.7 Å². The lowest BCUT2D eigenvalue weighted by Gasteiger charge is -2.10. The molecule has 0 N–H and O–H groups in total. The van der Waals surface area contributed by atoms with Gasteiger partial charge >= 0.3 is 0 Å². The summed E-state index contributed by atoms with van der Waals surface area (Å²) in [5.41, 5.74) is 1.80. The summed E-state index contributed by atoms with van der Waals surface area (Å²) in [4.78, 5) is 2.19. The van der Waals surface area contributed by atoms with Gasteiger partial charge in [0.2, 0.25) is 0 Å². The highest BCUT2D eigenvalue weighted by Crippen LogP contribution is 2.09. The molecule has 0 aliphatic rings. The molecule has 0 heterocycles. The first-order valence-electron chi connectivity index (χ1n) is 7.44. The third-order valence-corrected chi connectivity index (χ3v) is 2.81. The van der Waals surface area contributed by atoms with Crippen LogP contribution in [-0.2, 0) is 0 Å². The second-order valence-electron chi connectivity index (χ2n) is 6.28. The first-order chi connectivity index (χ1) is 10.4. The van der Waals surface area contributed by atoms with Crippen LogP contribution in [0.5, 0.6) is 0 Å². The minimum Gasteiger partial charge on any atom is -0.299 e. The van der Waals surface area contributed by atoms with Crippen molar-refractivity contribution in [2.24, 2.45) is 5.41 Å². The summed E-state index contributed by atoms with van der Waals surface area (Å²) in [6.07, 6.45) is 8.14. The average Bonchev–Trinajstić information content (AvgIpc) is 2.46. The summed E-state index contributed by atoms with van der Waals surface area (Å²) in [7, 11) is 2.07. The van der Waals surface area contributed by atoms with Gasteiger partial charge in [-0.25, -0.2) is 0 Å². The molecule has 0 saturated heterocycles. The van der Waals surface area contributed by atoms with Gasteiger partial charge in [0.05, 0.1) is 11.6 Å². The van der Waals surface area contributed by atoms with Gasteiger partial charge in [-0.1, -0.05) is 42.2 Å². The van der Waals surface area contributed by atoms with Crippen molar-refractivity contribution in [2.75, 3.05) is 20.1 Å². The SMILES string of the molecule is CN(CC=CC#CC(C)(C)C)CC=Cc1cccc(C#N)c1. The predicted molar refractivity (Wildman–Crippen MR) is 94.1 cm³/mol. The molecule has 1 aromatic rings. The summed E-state index contributed by atoms with van der Waals surface area (Å²) in [5.74, 6) is 6.24. The zero-order valence-electron chi connectivity index (χ0n) is 13.9. The van der Waals surface area contributed by atoms with E-state index >= 15 is 0 Å². The zero-order chi connectivity index (χ0) is 16.4. The number of nitrogens with zero attached hydrogens (tertiary/aromatic N) is 2. The Morgan fingerprint density at radius 3 is 2.59 bits per heavy atom. The predicted octanol–water partition coefficient (Wildman–Crippen LogP) is 4.11. The van der Waals surface area contributed by atoms with Crippen molar-refractivity contribution in [1.82, 2.24) is 4.90 Å². The van der Waals surface area contributed by atoms with Crippen LogP contribution in [0.2, 0.25) is 0 Å². The fraction of sp³-hybridized carbons (Fsp3) is 0.350. The zero-order valence-corrected chi connectivity index (χ0v) is 13.9. The highest BCUT2D eigenvalue weighted by atomic mass is 15.1. The van der Waals surface area contributed by atoms with E-state index in [1.807, 2.05) is 36.4 Å². The Balaban J connectivity index is 2.41. The van der Waals surface area contributed by atoms with Crippen LogP contribution < -0.4 is 0 Å². The first kappa shape index (κ1) is 17.8. The van der Waals surface area contributed by atoms with Gasteiger partial charge in [0, 0.05) is 18.5 Å². The van der Waals surface area contributed by atoms with Crippen molar-refractivity contribution in [3.63, 3.8) is 0 Å². The minimum atomic E-state index is 0.0525. The molecule has 114 valence electrons. The van der Waals surface area contributed by atoms with Crippen molar-refractivity contribution in [2.45, 2.75) is 20.8 Å². The van der Waals surface area contributed by atoms with Crippen LogP contribution in [-0.4, -0.2) is 25.0 Å². The van der Waals surface area contributed by atoms with Crippen molar-refractivity contribution >= 4 is 6.08 Å². The monoisotopic (exact) mass is 292 g/mol. The standard InChI is InChI=1S/C20H24N2/c1-20(2,3)13-6-5-7-14-22(4)15-9-12-18-10-8-11-19(16-18)17-21/h5,7-12,16H,14-15H2,1-4H3. The second-order valence-corrected chi connectivity index (χ2v) is 6.28. The number of nitriles is 1. The van der Waals surface area contributed by atoms with Crippen molar-refractivity contribution in [3.05, 3.63) is 53.6 Å². The molecule has 0 spiro atoms. The molecule has 0 fully saturated rings. The van der Waals surface area contributed by atoms with E-state index in [0.29, 0.717) is 5.56 Å². The molecule has 2 nitrogen and oxygen atoms in total. The number of allylic oxidation sites excluding steroid dienone is 1. The quantitative estimate of drug-likeness (QED) is 0.764. The van der Waals surface area contributed by atoms with E-state index in [9.17, 15) is 0 Å². The van der Waals surface area contributed by atoms with E-state index in [1.165, 1.54) is 0 Å². The van der Waals surface area contributed by atoms with E-state index in [2.05, 4.69) is 62.8 Å². The van der Waals surface area contributed by atoms with Crippen LogP contribution in [0.4, 0.5) is 0 Å². The lowest BCUT2D eigenvalue weighted by molar-refractivity contribution is 0.413. The van der Waals surface area contributed by atoms with E-state index in [-0.39, 0.29) is 5.41 Å². The van der Waals surface area contributed by atoms with Gasteiger partial charge in [-0.05, 0) is 51.6 Å². The van der Waals surface area contributed by atoms with Gasteiger partial charge in [-0.3, -0.25) is 4.90 Å². The molecule has 0 aliphatic carbocycles. The van der Waals surface area contributed by atoms with Gasteiger partial charge < -0.3 is 0 Å². The normalized spacial score (nSPS) is 11.6. The molecular formula is C20H24N2. The van der Waals surface area contributed by atoms with E-state index in [1.54, 1.807) is 0 Å². The Labute approximate surface area is 134 Å². The molecule has 0 unspecified atom stereocenters. The smallest absolute Gasteiger partial charge is 0.0991 e. The lowest BCUT2D eigenvalue weighted by atomic mass is 9.98. The summed E-state index contributed by atoms with van der Waals surface area (Å²) in [5, 5.41) is 8.87. The van der Waals surface area contributed by atoms with Crippen molar-refractivity contribution in [3.8, 4) is 17.9 Å². The minimum absolute atomic E-state index is 0.0525. The van der Waals surface area contributed by atoms with Crippen LogP contribution >= 0.6 is 0 Å². The fourth-order valence-electron chi connectivity index (χ4n) is 1.70. The summed E-state index contributed by atoms with van der Waals surface area (Å²) >= 11 is 0. The van der Waals surface area contributed by atoms with Gasteiger partial charge in [-0.2, -0.15) is 5.26 Å². The molecule has 0 saturated carbocycles. The van der Waals surface area contributed by atoms with Crippen molar-refractivity contribution < 1.29 is 0 Å². The lowest BCUT2D eigenvalue weighted by Crippen LogP contribution is -2.17. The van der Waals surface area contributed by atoms with Crippen molar-refractivity contribution in [1.29, 1.82) is 5.26 Å². The number of benzene rings is 1. The van der Waals surface area contributed by atoms with E-state index in [4.69, 9.17) is 5.26 Å². The maximum atomic E-state index is 8.87. The first-order valence-corrected chi connectivity index (χ1v) is 7.44. The van der Waals surface area contributed by atoms with Gasteiger partial charge in [0.15, 0.2) is 0 Å². The number of rotatable bonds is 5. The maximum absolute atomic E-state index is 8.87. The third kappa shape index (κ3) is 8.10. The average molecular weight is 292 g/mol. The third-order valence-electron chi connectivity index (χ3n) is 2.81. The molecule has 0 aliphatic heterocycles.